The summed E-state index contributed by atoms with van der Waals surface area (Å²) in [6.07, 6.45) is 0. The fraction of sp³-hybridized carbons (Fsp3) is 0.143. The monoisotopic (exact) mass is 316 g/mol. The van der Waals surface area contributed by atoms with Crippen molar-refractivity contribution in [2.75, 3.05) is 0 Å². The number of benzene rings is 2. The summed E-state index contributed by atoms with van der Waals surface area (Å²) >= 11 is 12.7. The van der Waals surface area contributed by atoms with Gasteiger partial charge in [0.15, 0.2) is 0 Å². The second-order valence-corrected chi connectivity index (χ2v) is 12.3. The van der Waals surface area contributed by atoms with E-state index < -0.39 is 6.69 Å². The van der Waals surface area contributed by atoms with Crippen molar-refractivity contribution in [3.63, 3.8) is 0 Å². The fourth-order valence-corrected chi connectivity index (χ4v) is 5.16. The van der Waals surface area contributed by atoms with Crippen molar-refractivity contribution in [1.82, 2.24) is 0 Å². The Morgan fingerprint density at radius 2 is 1.11 bits per heavy atom. The Morgan fingerprint density at radius 3 is 1.37 bits per heavy atom. The highest BCUT2D eigenvalue weighted by atomic mass is 35.7. The Morgan fingerprint density at radius 1 is 0.789 bits per heavy atom. The summed E-state index contributed by atoms with van der Waals surface area (Å²) < 4.78 is 26.0. The molecule has 0 atom stereocenters. The van der Waals surface area contributed by atoms with Gasteiger partial charge in [-0.2, -0.15) is 0 Å². The van der Waals surface area contributed by atoms with Gasteiger partial charge >= 0.3 is 0 Å². The van der Waals surface area contributed by atoms with Gasteiger partial charge in [0.25, 0.3) is 6.69 Å². The van der Waals surface area contributed by atoms with E-state index >= 15 is 0 Å². The Balaban J connectivity index is 2.47. The number of rotatable bonds is 3. The molecule has 0 aliphatic carbocycles. The molecule has 0 nitrogen and oxygen atoms in total. The van der Waals surface area contributed by atoms with E-state index in [2.05, 4.69) is 0 Å². The molecule has 0 aliphatic rings. The molecule has 0 amide bonds. The van der Waals surface area contributed by atoms with Gasteiger partial charge < -0.3 is 0 Å². The molecule has 0 heterocycles. The first-order valence-electron chi connectivity index (χ1n) is 5.76. The van der Waals surface area contributed by atoms with Crippen molar-refractivity contribution in [1.29, 1.82) is 0 Å². The predicted octanol–water partition coefficient (Wildman–Crippen LogP) is 5.19. The smallest absolute Gasteiger partial charge is 0.207 e. The molecule has 0 fully saturated rings. The van der Waals surface area contributed by atoms with Crippen LogP contribution in [0.15, 0.2) is 48.5 Å². The minimum Gasteiger partial charge on any atom is -0.207 e. The summed E-state index contributed by atoms with van der Waals surface area (Å²) in [5, 5.41) is 0. The highest BCUT2D eigenvalue weighted by Gasteiger charge is 2.35. The fourth-order valence-electron chi connectivity index (χ4n) is 2.09. The van der Waals surface area contributed by atoms with E-state index in [9.17, 15) is 8.78 Å². The van der Waals surface area contributed by atoms with Crippen LogP contribution in [0.4, 0.5) is 8.78 Å². The predicted molar refractivity (Wildman–Crippen MR) is 78.0 cm³/mol. The van der Waals surface area contributed by atoms with Crippen molar-refractivity contribution < 1.29 is 8.78 Å². The second kappa shape index (κ2) is 5.61. The molecule has 0 radical (unpaired) electrons. The zero-order valence-electron chi connectivity index (χ0n) is 10.2. The Kier molecular flexibility index (Phi) is 4.28. The first-order valence-corrected chi connectivity index (χ1v) is 10.4. The van der Waals surface area contributed by atoms with Gasteiger partial charge in [-0.1, -0.05) is 24.3 Å². The standard InChI is InChI=1S/C14H12Cl2F2Si/c1-19(15,16)14(10-2-6-12(17)7-3-10)11-4-8-13(18)9-5-11/h2-9,14H,1H3. The number of halogens is 4. The van der Waals surface area contributed by atoms with Gasteiger partial charge in [-0.3, -0.25) is 0 Å². The molecule has 0 aliphatic heterocycles. The molecule has 0 N–H and O–H groups in total. The molecule has 2 aromatic rings. The minimum atomic E-state index is -2.60. The van der Waals surface area contributed by atoms with Gasteiger partial charge in [0.1, 0.15) is 11.6 Å². The van der Waals surface area contributed by atoms with Gasteiger partial charge in [0.05, 0.1) is 0 Å². The highest BCUT2D eigenvalue weighted by Crippen LogP contribution is 2.38. The minimum absolute atomic E-state index is 0.225. The SMILES string of the molecule is C[Si](Cl)(Cl)C(c1ccc(F)cc1)c1ccc(F)cc1. The molecule has 0 bridgehead atoms. The molecule has 19 heavy (non-hydrogen) atoms. The Hall–Kier alpha value is -0.903. The average molecular weight is 317 g/mol. The summed E-state index contributed by atoms with van der Waals surface area (Å²) in [5.74, 6) is -0.622. The van der Waals surface area contributed by atoms with Crippen molar-refractivity contribution >= 4 is 28.9 Å². The van der Waals surface area contributed by atoms with Gasteiger partial charge in [0, 0.05) is 5.54 Å². The molecular formula is C14H12Cl2F2Si. The molecule has 0 aromatic heterocycles. The Labute approximate surface area is 121 Å². The number of hydrogen-bond donors (Lipinski definition) is 0. The molecule has 0 spiro atoms. The lowest BCUT2D eigenvalue weighted by Gasteiger charge is -2.25. The summed E-state index contributed by atoms with van der Waals surface area (Å²) in [7, 11) is 0. The van der Waals surface area contributed by atoms with Crippen molar-refractivity contribution in [2.45, 2.75) is 12.1 Å². The second-order valence-electron chi connectivity index (χ2n) is 4.49. The molecule has 2 aromatic carbocycles. The third-order valence-corrected chi connectivity index (χ3v) is 5.90. The van der Waals surface area contributed by atoms with E-state index in [1.165, 1.54) is 24.3 Å². The third-order valence-electron chi connectivity index (χ3n) is 2.91. The van der Waals surface area contributed by atoms with E-state index in [-0.39, 0.29) is 17.2 Å². The molecule has 5 heteroatoms. The number of hydrogen-bond acceptors (Lipinski definition) is 0. The first kappa shape index (κ1) is 14.5. The van der Waals surface area contributed by atoms with Crippen LogP contribution in [0.2, 0.25) is 6.55 Å². The van der Waals surface area contributed by atoms with E-state index in [0.29, 0.717) is 0 Å². The van der Waals surface area contributed by atoms with Crippen LogP contribution in [0.5, 0.6) is 0 Å². The van der Waals surface area contributed by atoms with Crippen LogP contribution in [-0.4, -0.2) is 6.69 Å². The molecule has 100 valence electrons. The zero-order chi connectivity index (χ0) is 14.0. The molecule has 0 saturated carbocycles. The van der Waals surface area contributed by atoms with Crippen LogP contribution < -0.4 is 0 Å². The molecule has 2 rings (SSSR count). The zero-order valence-corrected chi connectivity index (χ0v) is 12.7. The summed E-state index contributed by atoms with van der Waals surface area (Å²) in [6.45, 7) is -0.804. The summed E-state index contributed by atoms with van der Waals surface area (Å²) in [6, 6.07) is 12.2. The maximum Gasteiger partial charge on any atom is 0.259 e. The highest BCUT2D eigenvalue weighted by molar-refractivity contribution is 7.45. The lowest BCUT2D eigenvalue weighted by atomic mass is 10.0. The quantitative estimate of drug-likeness (QED) is 0.540. The summed E-state index contributed by atoms with van der Waals surface area (Å²) in [4.78, 5) is 0. The largest absolute Gasteiger partial charge is 0.259 e. The van der Waals surface area contributed by atoms with Crippen molar-refractivity contribution in [3.05, 3.63) is 71.3 Å². The van der Waals surface area contributed by atoms with E-state index in [4.69, 9.17) is 22.2 Å². The van der Waals surface area contributed by atoms with Crippen LogP contribution in [0.1, 0.15) is 16.7 Å². The lowest BCUT2D eigenvalue weighted by Crippen LogP contribution is -2.26. The van der Waals surface area contributed by atoms with E-state index in [1.54, 1.807) is 30.8 Å². The first-order chi connectivity index (χ1) is 8.88. The maximum absolute atomic E-state index is 13.0. The van der Waals surface area contributed by atoms with Crippen LogP contribution in [0.25, 0.3) is 0 Å². The topological polar surface area (TPSA) is 0 Å². The Bertz CT molecular complexity index is 502. The van der Waals surface area contributed by atoms with Crippen LogP contribution >= 0.6 is 22.2 Å². The molecule has 0 unspecified atom stereocenters. The van der Waals surface area contributed by atoms with Gasteiger partial charge in [-0.05, 0) is 41.9 Å². The van der Waals surface area contributed by atoms with Gasteiger partial charge in [-0.15, -0.1) is 22.2 Å². The van der Waals surface area contributed by atoms with Crippen molar-refractivity contribution in [3.8, 4) is 0 Å². The van der Waals surface area contributed by atoms with Gasteiger partial charge in [0.2, 0.25) is 0 Å². The van der Waals surface area contributed by atoms with Crippen LogP contribution in [-0.2, 0) is 0 Å². The van der Waals surface area contributed by atoms with Gasteiger partial charge in [-0.25, -0.2) is 8.78 Å². The lowest BCUT2D eigenvalue weighted by molar-refractivity contribution is 0.626. The summed E-state index contributed by atoms with van der Waals surface area (Å²) in [5.41, 5.74) is 1.45. The molecular weight excluding hydrogens is 305 g/mol. The normalized spacial score (nSPS) is 11.9. The third kappa shape index (κ3) is 3.56. The van der Waals surface area contributed by atoms with E-state index in [1.807, 2.05) is 0 Å². The van der Waals surface area contributed by atoms with Crippen LogP contribution in [0, 0.1) is 11.6 Å². The maximum atomic E-state index is 13.0. The van der Waals surface area contributed by atoms with E-state index in [0.717, 1.165) is 11.1 Å². The van der Waals surface area contributed by atoms with Crippen molar-refractivity contribution in [2.24, 2.45) is 0 Å². The van der Waals surface area contributed by atoms with Crippen LogP contribution in [0.3, 0.4) is 0 Å². The molecule has 0 saturated heterocycles. The average Bonchev–Trinajstić information content (AvgIpc) is 2.33.